The normalized spacial score (nSPS) is 15.7. The van der Waals surface area contributed by atoms with Crippen molar-refractivity contribution < 1.29 is 4.74 Å². The fourth-order valence-corrected chi connectivity index (χ4v) is 4.17. The third-order valence-corrected chi connectivity index (χ3v) is 5.66. The number of halogens is 1. The summed E-state index contributed by atoms with van der Waals surface area (Å²) in [6.45, 7) is 6.71. The molecule has 28 heavy (non-hydrogen) atoms. The van der Waals surface area contributed by atoms with E-state index in [1.54, 1.807) is 13.3 Å². The highest BCUT2D eigenvalue weighted by atomic mass is 127. The SMILES string of the molecule is CCNC(=NCc1ccnc(OC)c1)NCC(c1cccs1)N1CCCC1.I. The molecule has 2 aromatic heterocycles. The Kier molecular flexibility index (Phi) is 10.0. The van der Waals surface area contributed by atoms with E-state index in [-0.39, 0.29) is 24.0 Å². The van der Waals surface area contributed by atoms with Crippen molar-refractivity contribution in [2.75, 3.05) is 33.3 Å². The number of aromatic nitrogens is 1. The number of likely N-dealkylation sites (tertiary alicyclic amines) is 1. The zero-order valence-electron chi connectivity index (χ0n) is 16.6. The van der Waals surface area contributed by atoms with Gasteiger partial charge in [-0.05, 0) is 55.9 Å². The first-order valence-electron chi connectivity index (χ1n) is 9.58. The summed E-state index contributed by atoms with van der Waals surface area (Å²) in [5.41, 5.74) is 1.08. The molecule has 0 amide bonds. The molecule has 2 aromatic rings. The third kappa shape index (κ3) is 6.59. The Morgan fingerprint density at radius 3 is 2.82 bits per heavy atom. The maximum Gasteiger partial charge on any atom is 0.213 e. The van der Waals surface area contributed by atoms with Crippen LogP contribution in [0.2, 0.25) is 0 Å². The zero-order valence-corrected chi connectivity index (χ0v) is 19.7. The van der Waals surface area contributed by atoms with Gasteiger partial charge in [0, 0.05) is 30.2 Å². The van der Waals surface area contributed by atoms with Gasteiger partial charge in [-0.15, -0.1) is 35.3 Å². The molecule has 6 nitrogen and oxygen atoms in total. The number of aliphatic imine (C=N–C) groups is 1. The van der Waals surface area contributed by atoms with E-state index in [0.717, 1.165) is 24.6 Å². The van der Waals surface area contributed by atoms with Crippen molar-refractivity contribution in [3.63, 3.8) is 0 Å². The van der Waals surface area contributed by atoms with Gasteiger partial charge in [-0.1, -0.05) is 6.07 Å². The number of methoxy groups -OCH3 is 1. The lowest BCUT2D eigenvalue weighted by atomic mass is 10.2. The Labute approximate surface area is 188 Å². The van der Waals surface area contributed by atoms with Crippen molar-refractivity contribution >= 4 is 41.3 Å². The van der Waals surface area contributed by atoms with E-state index < -0.39 is 0 Å². The van der Waals surface area contributed by atoms with E-state index in [4.69, 9.17) is 9.73 Å². The largest absolute Gasteiger partial charge is 0.481 e. The summed E-state index contributed by atoms with van der Waals surface area (Å²) >= 11 is 1.83. The molecule has 0 bridgehead atoms. The molecule has 0 aliphatic carbocycles. The van der Waals surface area contributed by atoms with Gasteiger partial charge in [0.15, 0.2) is 5.96 Å². The molecule has 2 N–H and O–H groups in total. The molecule has 0 spiro atoms. The van der Waals surface area contributed by atoms with E-state index in [1.165, 1.54) is 30.8 Å². The number of hydrogen-bond donors (Lipinski definition) is 2. The highest BCUT2D eigenvalue weighted by molar-refractivity contribution is 14.0. The summed E-state index contributed by atoms with van der Waals surface area (Å²) < 4.78 is 5.19. The van der Waals surface area contributed by atoms with Crippen LogP contribution in [0, 0.1) is 0 Å². The molecule has 1 fully saturated rings. The maximum atomic E-state index is 5.19. The van der Waals surface area contributed by atoms with Crippen LogP contribution in [0.15, 0.2) is 40.8 Å². The number of ether oxygens (including phenoxy) is 1. The molecular formula is C20H30IN5OS. The van der Waals surface area contributed by atoms with Gasteiger partial charge < -0.3 is 15.4 Å². The van der Waals surface area contributed by atoms with Crippen LogP contribution in [0.5, 0.6) is 5.88 Å². The van der Waals surface area contributed by atoms with E-state index in [0.29, 0.717) is 18.5 Å². The molecule has 154 valence electrons. The van der Waals surface area contributed by atoms with Crippen LogP contribution in [-0.4, -0.2) is 49.1 Å². The van der Waals surface area contributed by atoms with Crippen LogP contribution >= 0.6 is 35.3 Å². The topological polar surface area (TPSA) is 61.8 Å². The maximum absolute atomic E-state index is 5.19. The summed E-state index contributed by atoms with van der Waals surface area (Å²) in [6.07, 6.45) is 4.34. The summed E-state index contributed by atoms with van der Waals surface area (Å²) in [5, 5.41) is 9.05. The third-order valence-electron chi connectivity index (χ3n) is 4.69. The molecule has 0 aromatic carbocycles. The van der Waals surface area contributed by atoms with Crippen LogP contribution in [0.3, 0.4) is 0 Å². The fourth-order valence-electron chi connectivity index (χ4n) is 3.31. The molecule has 1 saturated heterocycles. The lowest BCUT2D eigenvalue weighted by molar-refractivity contribution is 0.249. The second kappa shape index (κ2) is 12.2. The Bertz CT molecular complexity index is 719. The average Bonchev–Trinajstić information content (AvgIpc) is 3.41. The van der Waals surface area contributed by atoms with E-state index in [9.17, 15) is 0 Å². The van der Waals surface area contributed by atoms with Crippen LogP contribution < -0.4 is 15.4 Å². The van der Waals surface area contributed by atoms with Gasteiger partial charge >= 0.3 is 0 Å². The van der Waals surface area contributed by atoms with Gasteiger partial charge in [0.2, 0.25) is 5.88 Å². The number of pyridine rings is 1. The van der Waals surface area contributed by atoms with Crippen molar-refractivity contribution in [2.45, 2.75) is 32.4 Å². The number of thiophene rings is 1. The second-order valence-electron chi connectivity index (χ2n) is 6.56. The van der Waals surface area contributed by atoms with E-state index in [1.807, 2.05) is 23.5 Å². The molecule has 0 radical (unpaired) electrons. The van der Waals surface area contributed by atoms with Crippen molar-refractivity contribution in [3.05, 3.63) is 46.3 Å². The highest BCUT2D eigenvalue weighted by Gasteiger charge is 2.24. The molecule has 3 rings (SSSR count). The molecule has 1 atom stereocenters. The van der Waals surface area contributed by atoms with Crippen LogP contribution in [-0.2, 0) is 6.54 Å². The minimum atomic E-state index is 0. The number of nitrogens with zero attached hydrogens (tertiary/aromatic N) is 3. The smallest absolute Gasteiger partial charge is 0.213 e. The predicted molar refractivity (Wildman–Crippen MR) is 127 cm³/mol. The zero-order chi connectivity index (χ0) is 18.9. The van der Waals surface area contributed by atoms with E-state index >= 15 is 0 Å². The van der Waals surface area contributed by atoms with Gasteiger partial charge in [-0.25, -0.2) is 9.98 Å². The Balaban J connectivity index is 0.00000280. The Hall–Kier alpha value is -1.39. The van der Waals surface area contributed by atoms with Gasteiger partial charge in [-0.3, -0.25) is 4.90 Å². The standard InChI is InChI=1S/C20H29N5OS.HI/c1-3-21-20(23-14-16-8-9-22-19(13-16)26-2)24-15-17(18-7-6-12-27-18)25-10-4-5-11-25;/h6-9,12-13,17H,3-5,10-11,14-15H2,1-2H3,(H2,21,23,24);1H. The predicted octanol–water partition coefficient (Wildman–Crippen LogP) is 3.66. The fraction of sp³-hybridized carbons (Fsp3) is 0.500. The number of rotatable bonds is 8. The molecule has 1 aliphatic heterocycles. The summed E-state index contributed by atoms with van der Waals surface area (Å²) in [5.74, 6) is 1.46. The number of nitrogens with one attached hydrogen (secondary N) is 2. The lowest BCUT2D eigenvalue weighted by Gasteiger charge is -2.27. The molecule has 0 saturated carbocycles. The van der Waals surface area contributed by atoms with Gasteiger partial charge in [0.05, 0.1) is 19.7 Å². The van der Waals surface area contributed by atoms with Crippen molar-refractivity contribution in [3.8, 4) is 5.88 Å². The lowest BCUT2D eigenvalue weighted by Crippen LogP contribution is -2.42. The second-order valence-corrected chi connectivity index (χ2v) is 7.54. The van der Waals surface area contributed by atoms with Crippen LogP contribution in [0.1, 0.15) is 36.2 Å². The summed E-state index contributed by atoms with van der Waals surface area (Å²) in [4.78, 5) is 12.9. The monoisotopic (exact) mass is 515 g/mol. The minimum absolute atomic E-state index is 0. The Morgan fingerprint density at radius 1 is 1.32 bits per heavy atom. The highest BCUT2D eigenvalue weighted by Crippen LogP contribution is 2.27. The molecule has 1 unspecified atom stereocenters. The van der Waals surface area contributed by atoms with Crippen LogP contribution in [0.25, 0.3) is 0 Å². The molecule has 3 heterocycles. The van der Waals surface area contributed by atoms with Crippen LogP contribution in [0.4, 0.5) is 0 Å². The van der Waals surface area contributed by atoms with Gasteiger partial charge in [-0.2, -0.15) is 0 Å². The first-order chi connectivity index (χ1) is 13.3. The average molecular weight is 515 g/mol. The van der Waals surface area contributed by atoms with Gasteiger partial charge in [0.1, 0.15) is 0 Å². The van der Waals surface area contributed by atoms with Gasteiger partial charge in [0.25, 0.3) is 0 Å². The van der Waals surface area contributed by atoms with Crippen molar-refractivity contribution in [2.24, 2.45) is 4.99 Å². The quantitative estimate of drug-likeness (QED) is 0.319. The van der Waals surface area contributed by atoms with E-state index in [2.05, 4.69) is 45.0 Å². The Morgan fingerprint density at radius 2 is 2.14 bits per heavy atom. The first-order valence-corrected chi connectivity index (χ1v) is 10.5. The molecule has 1 aliphatic rings. The van der Waals surface area contributed by atoms with Crippen molar-refractivity contribution in [1.82, 2.24) is 20.5 Å². The first kappa shape index (κ1) is 22.9. The summed E-state index contributed by atoms with van der Waals surface area (Å²) in [7, 11) is 1.63. The van der Waals surface area contributed by atoms with Crippen molar-refractivity contribution in [1.29, 1.82) is 0 Å². The molecular weight excluding hydrogens is 485 g/mol. The summed E-state index contributed by atoms with van der Waals surface area (Å²) in [6, 6.07) is 8.67. The number of guanidine groups is 1. The minimum Gasteiger partial charge on any atom is -0.481 e. The number of hydrogen-bond acceptors (Lipinski definition) is 5. The molecule has 8 heteroatoms.